The van der Waals surface area contributed by atoms with E-state index in [1.54, 1.807) is 0 Å². The van der Waals surface area contributed by atoms with Crippen molar-refractivity contribution < 1.29 is 23.7 Å². The third-order valence-electron chi connectivity index (χ3n) is 3.25. The first-order valence-corrected chi connectivity index (χ1v) is 6.68. The first-order valence-electron chi connectivity index (χ1n) is 6.68. The quantitative estimate of drug-likeness (QED) is 0.766. The second-order valence-electron chi connectivity index (χ2n) is 4.89. The summed E-state index contributed by atoms with van der Waals surface area (Å²) in [6.45, 7) is -1.10. The predicted molar refractivity (Wildman–Crippen MR) is 77.8 cm³/mol. The molecule has 0 aliphatic carbocycles. The van der Waals surface area contributed by atoms with Gasteiger partial charge in [-0.15, -0.1) is 0 Å². The molecule has 4 N–H and O–H groups in total. The molecule has 2 rings (SSSR count). The smallest absolute Gasteiger partial charge is 0.289 e. The van der Waals surface area contributed by atoms with E-state index in [4.69, 9.17) is 15.6 Å². The molecule has 118 valence electrons. The molecular formula is C16H17F2NO3. The van der Waals surface area contributed by atoms with E-state index >= 15 is 0 Å². The molecule has 0 saturated heterocycles. The molecule has 6 heteroatoms. The summed E-state index contributed by atoms with van der Waals surface area (Å²) in [5, 5.41) is 18.5. The Bertz CT molecular complexity index is 620. The zero-order chi connectivity index (χ0) is 16.2. The Kier molecular flexibility index (Phi) is 4.95. The van der Waals surface area contributed by atoms with Gasteiger partial charge in [-0.3, -0.25) is 0 Å². The van der Waals surface area contributed by atoms with Crippen molar-refractivity contribution in [2.24, 2.45) is 5.73 Å². The predicted octanol–water partition coefficient (Wildman–Crippen LogP) is 2.60. The van der Waals surface area contributed by atoms with E-state index in [1.807, 2.05) is 30.3 Å². The fourth-order valence-corrected chi connectivity index (χ4v) is 1.94. The van der Waals surface area contributed by atoms with Crippen LogP contribution in [0.25, 0.3) is 0 Å². The highest BCUT2D eigenvalue weighted by Gasteiger charge is 2.38. The number of aliphatic hydroxyl groups is 1. The van der Waals surface area contributed by atoms with Crippen LogP contribution in [0.2, 0.25) is 0 Å². The third kappa shape index (κ3) is 3.72. The van der Waals surface area contributed by atoms with E-state index in [-0.39, 0.29) is 5.56 Å². The molecule has 0 aliphatic heterocycles. The van der Waals surface area contributed by atoms with Gasteiger partial charge in [0.1, 0.15) is 30.8 Å². The van der Waals surface area contributed by atoms with Crippen molar-refractivity contribution in [3.05, 3.63) is 59.7 Å². The molecule has 4 nitrogen and oxygen atoms in total. The normalized spacial score (nSPS) is 12.9. The molecule has 0 bridgehead atoms. The second kappa shape index (κ2) is 6.72. The van der Waals surface area contributed by atoms with E-state index in [0.717, 1.165) is 5.56 Å². The van der Waals surface area contributed by atoms with Gasteiger partial charge in [0.15, 0.2) is 0 Å². The first-order chi connectivity index (χ1) is 10.4. The molecule has 2 aromatic carbocycles. The van der Waals surface area contributed by atoms with Crippen molar-refractivity contribution >= 4 is 0 Å². The molecule has 0 radical (unpaired) electrons. The zero-order valence-electron chi connectivity index (χ0n) is 11.7. The number of hydrogen-bond acceptors (Lipinski definition) is 4. The molecule has 2 aromatic rings. The molecule has 0 heterocycles. The summed E-state index contributed by atoms with van der Waals surface area (Å²) < 4.78 is 32.2. The fraction of sp³-hybridized carbons (Fsp3) is 0.250. The maximum Gasteiger partial charge on any atom is 0.289 e. The van der Waals surface area contributed by atoms with Crippen LogP contribution in [-0.2, 0) is 6.61 Å². The van der Waals surface area contributed by atoms with E-state index in [1.165, 1.54) is 18.2 Å². The van der Waals surface area contributed by atoms with Crippen molar-refractivity contribution in [2.75, 3.05) is 6.61 Å². The summed E-state index contributed by atoms with van der Waals surface area (Å²) in [5.41, 5.74) is 6.18. The van der Waals surface area contributed by atoms with Crippen LogP contribution in [-0.4, -0.2) is 22.7 Å². The number of halogens is 2. The van der Waals surface area contributed by atoms with Crippen molar-refractivity contribution in [3.8, 4) is 11.5 Å². The van der Waals surface area contributed by atoms with Gasteiger partial charge in [-0.1, -0.05) is 30.3 Å². The van der Waals surface area contributed by atoms with Crippen molar-refractivity contribution in [3.63, 3.8) is 0 Å². The summed E-state index contributed by atoms with van der Waals surface area (Å²) in [6.07, 6.45) is 0. The van der Waals surface area contributed by atoms with Crippen molar-refractivity contribution in [1.82, 2.24) is 0 Å². The van der Waals surface area contributed by atoms with Gasteiger partial charge >= 0.3 is 0 Å². The minimum Gasteiger partial charge on any atom is -0.507 e. The van der Waals surface area contributed by atoms with E-state index in [2.05, 4.69) is 0 Å². The summed E-state index contributed by atoms with van der Waals surface area (Å²) in [5.74, 6) is -3.57. The molecule has 0 aromatic heterocycles. The number of phenols is 1. The monoisotopic (exact) mass is 309 g/mol. The Labute approximate surface area is 126 Å². The van der Waals surface area contributed by atoms with Crippen molar-refractivity contribution in [1.29, 1.82) is 0 Å². The van der Waals surface area contributed by atoms with Gasteiger partial charge in [-0.25, -0.2) is 8.78 Å². The summed E-state index contributed by atoms with van der Waals surface area (Å²) >= 11 is 0. The molecule has 0 amide bonds. The number of aromatic hydroxyl groups is 1. The van der Waals surface area contributed by atoms with Gasteiger partial charge in [0.25, 0.3) is 5.92 Å². The molecule has 0 spiro atoms. The van der Waals surface area contributed by atoms with E-state index in [0.29, 0.717) is 12.4 Å². The first kappa shape index (κ1) is 16.2. The Morgan fingerprint density at radius 3 is 2.41 bits per heavy atom. The van der Waals surface area contributed by atoms with Crippen LogP contribution in [0, 0.1) is 0 Å². The van der Waals surface area contributed by atoms with Crippen LogP contribution >= 0.6 is 0 Å². The molecule has 22 heavy (non-hydrogen) atoms. The van der Waals surface area contributed by atoms with Crippen LogP contribution < -0.4 is 10.5 Å². The standard InChI is InChI=1S/C16H17F2NO3/c17-16(18,10-20)15(19)13-7-6-12(8-14(13)21)22-9-11-4-2-1-3-5-11/h1-8,15,20-21H,9-10,19H2/t15-/m0/s1. The van der Waals surface area contributed by atoms with Gasteiger partial charge in [0.2, 0.25) is 0 Å². The molecule has 0 unspecified atom stereocenters. The fourth-order valence-electron chi connectivity index (χ4n) is 1.94. The zero-order valence-corrected chi connectivity index (χ0v) is 11.7. The lowest BCUT2D eigenvalue weighted by molar-refractivity contribution is -0.0716. The van der Waals surface area contributed by atoms with Gasteiger partial charge in [-0.05, 0) is 17.7 Å². The van der Waals surface area contributed by atoms with Crippen LogP contribution in [0.15, 0.2) is 48.5 Å². The molecule has 0 saturated carbocycles. The lowest BCUT2D eigenvalue weighted by Crippen LogP contribution is -2.36. The molecular weight excluding hydrogens is 292 g/mol. The van der Waals surface area contributed by atoms with Gasteiger partial charge in [0, 0.05) is 11.6 Å². The topological polar surface area (TPSA) is 75.7 Å². The molecule has 1 atom stereocenters. The van der Waals surface area contributed by atoms with Crippen LogP contribution in [0.1, 0.15) is 17.2 Å². The second-order valence-corrected chi connectivity index (χ2v) is 4.89. The molecule has 0 fully saturated rings. The minimum atomic E-state index is -3.51. The third-order valence-corrected chi connectivity index (χ3v) is 3.25. The van der Waals surface area contributed by atoms with E-state index < -0.39 is 24.3 Å². The SMILES string of the molecule is N[C@@H](c1ccc(OCc2ccccc2)cc1O)C(F)(F)CO. The number of alkyl halides is 2. The number of benzene rings is 2. The van der Waals surface area contributed by atoms with Crippen LogP contribution in [0.4, 0.5) is 8.78 Å². The van der Waals surface area contributed by atoms with Gasteiger partial charge in [0.05, 0.1) is 0 Å². The lowest BCUT2D eigenvalue weighted by atomic mass is 10.0. The number of hydrogen-bond donors (Lipinski definition) is 3. The highest BCUT2D eigenvalue weighted by molar-refractivity contribution is 5.42. The lowest BCUT2D eigenvalue weighted by Gasteiger charge is -2.22. The summed E-state index contributed by atoms with van der Waals surface area (Å²) in [4.78, 5) is 0. The Balaban J connectivity index is 2.09. The van der Waals surface area contributed by atoms with Crippen molar-refractivity contribution in [2.45, 2.75) is 18.6 Å². The van der Waals surface area contributed by atoms with Gasteiger partial charge < -0.3 is 20.7 Å². The number of phenolic OH excluding ortho intramolecular Hbond substituents is 1. The maximum atomic E-state index is 13.4. The Morgan fingerprint density at radius 1 is 1.14 bits per heavy atom. The molecule has 0 aliphatic rings. The Hall–Kier alpha value is -2.18. The average molecular weight is 309 g/mol. The van der Waals surface area contributed by atoms with Crippen LogP contribution in [0.3, 0.4) is 0 Å². The minimum absolute atomic E-state index is 0.147. The summed E-state index contributed by atoms with van der Waals surface area (Å²) in [7, 11) is 0. The number of rotatable bonds is 6. The van der Waals surface area contributed by atoms with Crippen LogP contribution in [0.5, 0.6) is 11.5 Å². The number of aliphatic hydroxyl groups excluding tert-OH is 1. The highest BCUT2D eigenvalue weighted by Crippen LogP contribution is 2.35. The number of ether oxygens (including phenoxy) is 1. The maximum absolute atomic E-state index is 13.4. The largest absolute Gasteiger partial charge is 0.507 e. The number of nitrogens with two attached hydrogens (primary N) is 1. The summed E-state index contributed by atoms with van der Waals surface area (Å²) in [6, 6.07) is 11.5. The van der Waals surface area contributed by atoms with Gasteiger partial charge in [-0.2, -0.15) is 0 Å². The highest BCUT2D eigenvalue weighted by atomic mass is 19.3. The van der Waals surface area contributed by atoms with E-state index in [9.17, 15) is 13.9 Å². The average Bonchev–Trinajstić information content (AvgIpc) is 2.53. The Morgan fingerprint density at radius 2 is 1.82 bits per heavy atom.